The molecule has 0 bridgehead atoms. The van der Waals surface area contributed by atoms with Crippen LogP contribution in [0.1, 0.15) is 10.4 Å². The predicted molar refractivity (Wildman–Crippen MR) is 72.8 cm³/mol. The Bertz CT molecular complexity index is 729. The molecule has 104 valence electrons. The van der Waals surface area contributed by atoms with Gasteiger partial charge in [0.1, 0.15) is 5.15 Å². The number of hydrogen-bond acceptors (Lipinski definition) is 5. The summed E-state index contributed by atoms with van der Waals surface area (Å²) in [7, 11) is -3.82. The lowest BCUT2D eigenvalue weighted by Crippen LogP contribution is -2.15. The summed E-state index contributed by atoms with van der Waals surface area (Å²) in [6.45, 7) is 0. The minimum absolute atomic E-state index is 0.0285. The average Bonchev–Trinajstić information content (AvgIpc) is 2.41. The van der Waals surface area contributed by atoms with Crippen LogP contribution in [-0.2, 0) is 10.0 Å². The highest BCUT2D eigenvalue weighted by molar-refractivity contribution is 7.92. The van der Waals surface area contributed by atoms with Crippen LogP contribution in [0.2, 0.25) is 5.15 Å². The fourth-order valence-electron chi connectivity index (χ4n) is 1.36. The highest BCUT2D eigenvalue weighted by atomic mass is 35.5. The standard InChI is InChI=1S/C11H9ClN4O3S/c12-9-5-15-10(6-14-9)16-20(18,19)8-3-1-7(2-4-8)11(13)17/h1-6H,(H2,13,17)(H,15,16). The molecule has 1 amide bonds. The van der Waals surface area contributed by atoms with E-state index in [1.165, 1.54) is 36.7 Å². The molecule has 9 heteroatoms. The Hall–Kier alpha value is -2.19. The molecule has 0 radical (unpaired) electrons. The second-order valence-electron chi connectivity index (χ2n) is 3.72. The Morgan fingerprint density at radius 3 is 2.30 bits per heavy atom. The minimum Gasteiger partial charge on any atom is -0.366 e. The largest absolute Gasteiger partial charge is 0.366 e. The van der Waals surface area contributed by atoms with Crippen LogP contribution < -0.4 is 10.5 Å². The van der Waals surface area contributed by atoms with Gasteiger partial charge >= 0.3 is 0 Å². The van der Waals surface area contributed by atoms with Crippen molar-refractivity contribution in [3.05, 3.63) is 47.4 Å². The van der Waals surface area contributed by atoms with Gasteiger partial charge in [0.15, 0.2) is 5.82 Å². The lowest BCUT2D eigenvalue weighted by molar-refractivity contribution is 0.1000. The molecular weight excluding hydrogens is 304 g/mol. The van der Waals surface area contributed by atoms with Gasteiger partial charge in [-0.25, -0.2) is 18.4 Å². The van der Waals surface area contributed by atoms with E-state index in [0.717, 1.165) is 0 Å². The monoisotopic (exact) mass is 312 g/mol. The van der Waals surface area contributed by atoms with E-state index < -0.39 is 15.9 Å². The second kappa shape index (κ2) is 5.43. The zero-order valence-corrected chi connectivity index (χ0v) is 11.5. The van der Waals surface area contributed by atoms with E-state index in [0.29, 0.717) is 0 Å². The van der Waals surface area contributed by atoms with Crippen LogP contribution in [0, 0.1) is 0 Å². The van der Waals surface area contributed by atoms with Gasteiger partial charge in [0, 0.05) is 5.56 Å². The number of nitrogens with two attached hydrogens (primary N) is 1. The number of aromatic nitrogens is 2. The molecule has 0 aliphatic heterocycles. The summed E-state index contributed by atoms with van der Waals surface area (Å²) in [5, 5.41) is 0.152. The maximum absolute atomic E-state index is 12.0. The molecule has 2 rings (SSSR count). The number of rotatable bonds is 4. The smallest absolute Gasteiger partial charge is 0.263 e. The SMILES string of the molecule is NC(=O)c1ccc(S(=O)(=O)Nc2cnc(Cl)cn2)cc1. The summed E-state index contributed by atoms with van der Waals surface area (Å²) in [6.07, 6.45) is 2.41. The van der Waals surface area contributed by atoms with Gasteiger partial charge in [0.05, 0.1) is 17.3 Å². The maximum Gasteiger partial charge on any atom is 0.263 e. The van der Waals surface area contributed by atoms with Crippen LogP contribution in [0.3, 0.4) is 0 Å². The van der Waals surface area contributed by atoms with Crippen LogP contribution in [0.4, 0.5) is 5.82 Å². The van der Waals surface area contributed by atoms with Gasteiger partial charge < -0.3 is 5.73 Å². The molecular formula is C11H9ClN4O3S. The van der Waals surface area contributed by atoms with E-state index in [9.17, 15) is 13.2 Å². The van der Waals surface area contributed by atoms with Crippen molar-refractivity contribution >= 4 is 33.3 Å². The third-order valence-corrected chi connectivity index (χ3v) is 3.87. The fraction of sp³-hybridized carbons (Fsp3) is 0. The number of carbonyl (C=O) groups is 1. The molecule has 0 atom stereocenters. The first kappa shape index (κ1) is 14.2. The molecule has 0 fully saturated rings. The zero-order valence-electron chi connectivity index (χ0n) is 9.95. The summed E-state index contributed by atoms with van der Waals surface area (Å²) in [6, 6.07) is 5.19. The second-order valence-corrected chi connectivity index (χ2v) is 5.79. The van der Waals surface area contributed by atoms with E-state index in [1.807, 2.05) is 0 Å². The highest BCUT2D eigenvalue weighted by Crippen LogP contribution is 2.15. The Balaban J connectivity index is 2.26. The van der Waals surface area contributed by atoms with Crippen molar-refractivity contribution < 1.29 is 13.2 Å². The molecule has 1 aromatic carbocycles. The summed E-state index contributed by atoms with van der Waals surface area (Å²) in [5.41, 5.74) is 5.29. The molecule has 0 aliphatic rings. The van der Waals surface area contributed by atoms with E-state index in [1.54, 1.807) is 0 Å². The van der Waals surface area contributed by atoms with Gasteiger partial charge in [0.2, 0.25) is 5.91 Å². The third kappa shape index (κ3) is 3.22. The number of sulfonamides is 1. The van der Waals surface area contributed by atoms with E-state index >= 15 is 0 Å². The third-order valence-electron chi connectivity index (χ3n) is 2.31. The Morgan fingerprint density at radius 2 is 1.80 bits per heavy atom. The van der Waals surface area contributed by atoms with Crippen molar-refractivity contribution in [2.45, 2.75) is 4.90 Å². The van der Waals surface area contributed by atoms with E-state index in [-0.39, 0.29) is 21.4 Å². The number of hydrogen-bond donors (Lipinski definition) is 2. The lowest BCUT2D eigenvalue weighted by Gasteiger charge is -2.07. The Labute approximate surface area is 119 Å². The Kier molecular flexibility index (Phi) is 3.86. The van der Waals surface area contributed by atoms with Crippen LogP contribution in [-0.4, -0.2) is 24.3 Å². The molecule has 0 aliphatic carbocycles. The van der Waals surface area contributed by atoms with Crippen molar-refractivity contribution in [3.8, 4) is 0 Å². The van der Waals surface area contributed by atoms with Gasteiger partial charge in [-0.2, -0.15) is 0 Å². The van der Waals surface area contributed by atoms with Crippen molar-refractivity contribution in [2.75, 3.05) is 4.72 Å². The van der Waals surface area contributed by atoms with Gasteiger partial charge in [-0.05, 0) is 24.3 Å². The predicted octanol–water partition coefficient (Wildman–Crippen LogP) is 1.03. The van der Waals surface area contributed by atoms with E-state index in [2.05, 4.69) is 14.7 Å². The van der Waals surface area contributed by atoms with E-state index in [4.69, 9.17) is 17.3 Å². The zero-order chi connectivity index (χ0) is 14.8. The molecule has 0 saturated carbocycles. The van der Waals surface area contributed by atoms with Gasteiger partial charge in [-0.3, -0.25) is 9.52 Å². The first-order valence-corrected chi connectivity index (χ1v) is 7.15. The number of anilines is 1. The molecule has 1 heterocycles. The number of halogens is 1. The van der Waals surface area contributed by atoms with Crippen LogP contribution in [0.15, 0.2) is 41.6 Å². The minimum atomic E-state index is -3.82. The van der Waals surface area contributed by atoms with Crippen molar-refractivity contribution in [1.82, 2.24) is 9.97 Å². The van der Waals surface area contributed by atoms with Crippen LogP contribution in [0.5, 0.6) is 0 Å². The summed E-state index contributed by atoms with van der Waals surface area (Å²) >= 11 is 5.55. The number of benzene rings is 1. The number of carbonyl (C=O) groups excluding carboxylic acids is 1. The van der Waals surface area contributed by atoms with Crippen molar-refractivity contribution in [1.29, 1.82) is 0 Å². The molecule has 0 unspecified atom stereocenters. The van der Waals surface area contributed by atoms with Crippen molar-refractivity contribution in [2.24, 2.45) is 5.73 Å². The van der Waals surface area contributed by atoms with Gasteiger partial charge in [0.25, 0.3) is 10.0 Å². The quantitative estimate of drug-likeness (QED) is 0.875. The molecule has 3 N–H and O–H groups in total. The number of amides is 1. The summed E-state index contributed by atoms with van der Waals surface area (Å²) in [5.74, 6) is -0.598. The van der Waals surface area contributed by atoms with Gasteiger partial charge in [-0.15, -0.1) is 0 Å². The topological polar surface area (TPSA) is 115 Å². The first-order valence-electron chi connectivity index (χ1n) is 5.29. The fourth-order valence-corrected chi connectivity index (χ4v) is 2.45. The maximum atomic E-state index is 12.0. The lowest BCUT2D eigenvalue weighted by atomic mass is 10.2. The summed E-state index contributed by atoms with van der Waals surface area (Å²) in [4.78, 5) is 18.4. The molecule has 0 saturated heterocycles. The molecule has 1 aromatic heterocycles. The molecule has 0 spiro atoms. The summed E-state index contributed by atoms with van der Waals surface area (Å²) < 4.78 is 26.3. The first-order chi connectivity index (χ1) is 9.38. The highest BCUT2D eigenvalue weighted by Gasteiger charge is 2.15. The average molecular weight is 313 g/mol. The van der Waals surface area contributed by atoms with Crippen LogP contribution >= 0.6 is 11.6 Å². The normalized spacial score (nSPS) is 11.1. The number of nitrogens with zero attached hydrogens (tertiary/aromatic N) is 2. The van der Waals surface area contributed by atoms with Gasteiger partial charge in [-0.1, -0.05) is 11.6 Å². The molecule has 20 heavy (non-hydrogen) atoms. The number of nitrogens with one attached hydrogen (secondary N) is 1. The number of primary amides is 1. The molecule has 2 aromatic rings. The Morgan fingerprint density at radius 1 is 1.15 bits per heavy atom. The molecule has 7 nitrogen and oxygen atoms in total. The van der Waals surface area contributed by atoms with Crippen molar-refractivity contribution in [3.63, 3.8) is 0 Å². The van der Waals surface area contributed by atoms with Crippen LogP contribution in [0.25, 0.3) is 0 Å².